The molecule has 2 N–H and O–H groups in total. The molecule has 0 fully saturated rings. The summed E-state index contributed by atoms with van der Waals surface area (Å²) >= 11 is 0. The average molecular weight is 389 g/mol. The molecule has 0 saturated carbocycles. The fourth-order valence-corrected chi connectivity index (χ4v) is 2.61. The molecular weight excluding hydrogens is 356 g/mol. The first-order chi connectivity index (χ1) is 12.9. The molecule has 0 aliphatic rings. The van der Waals surface area contributed by atoms with Crippen molar-refractivity contribution in [2.45, 2.75) is 54.4 Å². The molecule has 0 atom stereocenters. The summed E-state index contributed by atoms with van der Waals surface area (Å²) in [5.74, 6) is -0.549. The molecule has 6 heteroatoms. The van der Waals surface area contributed by atoms with E-state index in [1.807, 2.05) is 0 Å². The number of aromatic nitrogens is 1. The van der Waals surface area contributed by atoms with E-state index in [9.17, 15) is 9.59 Å². The van der Waals surface area contributed by atoms with Gasteiger partial charge in [0.05, 0.1) is 18.7 Å². The Morgan fingerprint density at radius 2 is 1.50 bits per heavy atom. The SMILES string of the molecule is CC(C)(C)CCOC(=O)c1cc2cc(N)ccc2n1C(=O)OCCC(C)(C)C. The number of nitrogens with zero attached hydrogens (tertiary/aromatic N) is 1. The minimum atomic E-state index is -0.591. The molecule has 1 heterocycles. The number of esters is 1. The zero-order chi connectivity index (χ0) is 21.1. The lowest BCUT2D eigenvalue weighted by molar-refractivity contribution is 0.0450. The van der Waals surface area contributed by atoms with Gasteiger partial charge in [-0.25, -0.2) is 14.2 Å². The average Bonchev–Trinajstić information content (AvgIpc) is 2.90. The molecule has 0 aliphatic heterocycles. The molecule has 0 bridgehead atoms. The number of anilines is 1. The Hall–Kier alpha value is -2.50. The lowest BCUT2D eigenvalue weighted by Crippen LogP contribution is -2.22. The van der Waals surface area contributed by atoms with Crippen molar-refractivity contribution in [3.05, 3.63) is 30.0 Å². The molecule has 154 valence electrons. The van der Waals surface area contributed by atoms with E-state index in [1.165, 1.54) is 4.57 Å². The Bertz CT molecular complexity index is 854. The summed E-state index contributed by atoms with van der Waals surface area (Å²) in [5, 5.41) is 0.690. The van der Waals surface area contributed by atoms with E-state index in [0.717, 1.165) is 12.8 Å². The predicted octanol–water partition coefficient (Wildman–Crippen LogP) is 5.24. The number of nitrogens with two attached hydrogens (primary N) is 1. The van der Waals surface area contributed by atoms with Gasteiger partial charge in [-0.1, -0.05) is 41.5 Å². The largest absolute Gasteiger partial charge is 0.461 e. The van der Waals surface area contributed by atoms with Gasteiger partial charge < -0.3 is 15.2 Å². The highest BCUT2D eigenvalue weighted by Crippen LogP contribution is 2.25. The van der Waals surface area contributed by atoms with E-state index in [-0.39, 0.29) is 29.7 Å². The smallest absolute Gasteiger partial charge is 0.419 e. The summed E-state index contributed by atoms with van der Waals surface area (Å²) in [6.45, 7) is 13.0. The van der Waals surface area contributed by atoms with E-state index in [4.69, 9.17) is 15.2 Å². The van der Waals surface area contributed by atoms with Crippen molar-refractivity contribution in [1.82, 2.24) is 4.57 Å². The second-order valence-electron chi connectivity index (χ2n) is 9.55. The number of hydrogen-bond acceptors (Lipinski definition) is 5. The van der Waals surface area contributed by atoms with Crippen LogP contribution in [0, 0.1) is 10.8 Å². The molecule has 0 spiro atoms. The highest BCUT2D eigenvalue weighted by atomic mass is 16.6. The third-order valence-corrected chi connectivity index (χ3v) is 4.38. The molecule has 0 unspecified atom stereocenters. The van der Waals surface area contributed by atoms with Crippen molar-refractivity contribution in [1.29, 1.82) is 0 Å². The van der Waals surface area contributed by atoms with E-state index < -0.39 is 12.1 Å². The van der Waals surface area contributed by atoms with Gasteiger partial charge in [0.25, 0.3) is 0 Å². The topological polar surface area (TPSA) is 83.5 Å². The van der Waals surface area contributed by atoms with Crippen LogP contribution >= 0.6 is 0 Å². The summed E-state index contributed by atoms with van der Waals surface area (Å²) in [4.78, 5) is 25.4. The van der Waals surface area contributed by atoms with Crippen LogP contribution in [-0.2, 0) is 9.47 Å². The van der Waals surface area contributed by atoms with Crippen LogP contribution in [0.5, 0.6) is 0 Å². The van der Waals surface area contributed by atoms with Crippen LogP contribution < -0.4 is 5.73 Å². The Morgan fingerprint density at radius 3 is 2.07 bits per heavy atom. The van der Waals surface area contributed by atoms with Crippen molar-refractivity contribution >= 4 is 28.7 Å². The molecule has 0 radical (unpaired) electrons. The van der Waals surface area contributed by atoms with Gasteiger partial charge in [-0.2, -0.15) is 0 Å². The fraction of sp³-hybridized carbons (Fsp3) is 0.545. The van der Waals surface area contributed by atoms with Gasteiger partial charge in [-0.3, -0.25) is 0 Å². The maximum absolute atomic E-state index is 12.8. The second-order valence-corrected chi connectivity index (χ2v) is 9.55. The van der Waals surface area contributed by atoms with Crippen molar-refractivity contribution in [3.63, 3.8) is 0 Å². The molecular formula is C22H32N2O4. The van der Waals surface area contributed by atoms with E-state index >= 15 is 0 Å². The minimum Gasteiger partial charge on any atom is -0.461 e. The molecule has 28 heavy (non-hydrogen) atoms. The molecule has 0 aliphatic carbocycles. The van der Waals surface area contributed by atoms with Crippen LogP contribution in [0.25, 0.3) is 10.9 Å². The summed E-state index contributed by atoms with van der Waals surface area (Å²) in [6.07, 6.45) is 0.852. The van der Waals surface area contributed by atoms with Crippen LogP contribution in [0.4, 0.5) is 10.5 Å². The minimum absolute atomic E-state index is 0.0439. The third kappa shape index (κ3) is 6.01. The van der Waals surface area contributed by atoms with E-state index in [0.29, 0.717) is 16.6 Å². The first-order valence-corrected chi connectivity index (χ1v) is 9.63. The van der Waals surface area contributed by atoms with Gasteiger partial charge in [-0.15, -0.1) is 0 Å². The predicted molar refractivity (Wildman–Crippen MR) is 112 cm³/mol. The second kappa shape index (κ2) is 8.25. The summed E-state index contributed by atoms with van der Waals surface area (Å²) in [5.41, 5.74) is 7.21. The maximum Gasteiger partial charge on any atom is 0.419 e. The number of benzene rings is 1. The molecule has 0 amide bonds. The molecule has 0 saturated heterocycles. The van der Waals surface area contributed by atoms with Crippen molar-refractivity contribution in [3.8, 4) is 0 Å². The summed E-state index contributed by atoms with van der Waals surface area (Å²) < 4.78 is 12.1. The Labute approximate surface area is 167 Å². The number of carbonyl (C=O) groups is 2. The van der Waals surface area contributed by atoms with Crippen LogP contribution in [0.2, 0.25) is 0 Å². The van der Waals surface area contributed by atoms with E-state index in [2.05, 4.69) is 41.5 Å². The highest BCUT2D eigenvalue weighted by molar-refractivity contribution is 6.02. The standard InChI is InChI=1S/C22H32N2O4/c1-21(2,3)9-11-27-19(25)18-14-15-13-16(23)7-8-17(15)24(18)20(26)28-12-10-22(4,5)6/h7-8,13-14H,9-12,23H2,1-6H3. The molecule has 1 aromatic carbocycles. The fourth-order valence-electron chi connectivity index (χ4n) is 2.61. The van der Waals surface area contributed by atoms with Gasteiger partial charge in [0.1, 0.15) is 5.69 Å². The van der Waals surface area contributed by atoms with Gasteiger partial charge in [0.2, 0.25) is 0 Å². The molecule has 6 nitrogen and oxygen atoms in total. The van der Waals surface area contributed by atoms with Gasteiger partial charge in [0.15, 0.2) is 0 Å². The molecule has 2 aromatic rings. The number of nitrogen functional groups attached to an aromatic ring is 1. The molecule has 2 rings (SSSR count). The first kappa shape index (κ1) is 21.8. The maximum atomic E-state index is 12.8. The number of hydrogen-bond donors (Lipinski definition) is 1. The van der Waals surface area contributed by atoms with Gasteiger partial charge >= 0.3 is 12.1 Å². The summed E-state index contributed by atoms with van der Waals surface area (Å²) in [6, 6.07) is 6.74. The summed E-state index contributed by atoms with van der Waals surface area (Å²) in [7, 11) is 0. The molecule has 1 aromatic heterocycles. The van der Waals surface area contributed by atoms with Crippen molar-refractivity contribution in [2.24, 2.45) is 10.8 Å². The van der Waals surface area contributed by atoms with Crippen molar-refractivity contribution < 1.29 is 19.1 Å². The number of ether oxygens (including phenoxy) is 2. The van der Waals surface area contributed by atoms with E-state index in [1.54, 1.807) is 24.3 Å². The Balaban J connectivity index is 2.27. The highest BCUT2D eigenvalue weighted by Gasteiger charge is 2.24. The first-order valence-electron chi connectivity index (χ1n) is 9.63. The zero-order valence-corrected chi connectivity index (χ0v) is 17.8. The Kier molecular flexibility index (Phi) is 6.42. The van der Waals surface area contributed by atoms with Gasteiger partial charge in [0, 0.05) is 11.1 Å². The lowest BCUT2D eigenvalue weighted by Gasteiger charge is -2.18. The van der Waals surface area contributed by atoms with Crippen LogP contribution in [0.15, 0.2) is 24.3 Å². The normalized spacial score (nSPS) is 12.2. The third-order valence-electron chi connectivity index (χ3n) is 4.38. The Morgan fingerprint density at radius 1 is 0.929 bits per heavy atom. The number of rotatable bonds is 5. The van der Waals surface area contributed by atoms with Crippen LogP contribution in [0.3, 0.4) is 0 Å². The van der Waals surface area contributed by atoms with Crippen LogP contribution in [0.1, 0.15) is 64.9 Å². The number of fused-ring (bicyclic) bond motifs is 1. The monoisotopic (exact) mass is 388 g/mol. The van der Waals surface area contributed by atoms with Crippen molar-refractivity contribution in [2.75, 3.05) is 18.9 Å². The van der Waals surface area contributed by atoms with Crippen LogP contribution in [-0.4, -0.2) is 29.8 Å². The van der Waals surface area contributed by atoms with Gasteiger partial charge in [-0.05, 0) is 47.9 Å². The quantitative estimate of drug-likeness (QED) is 0.559. The zero-order valence-electron chi connectivity index (χ0n) is 17.8. The lowest BCUT2D eigenvalue weighted by atomic mass is 9.93. The number of carbonyl (C=O) groups excluding carboxylic acids is 2.